The van der Waals surface area contributed by atoms with Crippen molar-refractivity contribution >= 4 is 30.4 Å². The molecule has 2 atom stereocenters. The predicted molar refractivity (Wildman–Crippen MR) is 80.5 cm³/mol. The molecule has 2 heterocycles. The fourth-order valence-electron chi connectivity index (χ4n) is 2.89. The number of hydrogen-bond donors (Lipinski definition) is 3. The number of allylic oxidation sites excluding steroid dienone is 2. The number of carboxylic acid groups (broad SMARTS) is 1. The van der Waals surface area contributed by atoms with E-state index in [4.69, 9.17) is 5.11 Å². The lowest BCUT2D eigenvalue weighted by atomic mass is 9.93. The number of carbonyl (C=O) groups excluding carboxylic acids is 1. The van der Waals surface area contributed by atoms with E-state index in [2.05, 4.69) is 15.8 Å². The predicted octanol–water partition coefficient (Wildman–Crippen LogP) is 0.422. The van der Waals surface area contributed by atoms with Crippen LogP contribution in [-0.2, 0) is 9.59 Å². The number of nitrogens with one attached hydrogen (secondary N) is 2. The smallest absolute Gasteiger partial charge is 0.328 e. The number of fused-ring (bicyclic) bond motifs is 2. The first-order valence-electron chi connectivity index (χ1n) is 6.55. The Bertz CT molecular complexity index is 592. The van der Waals surface area contributed by atoms with Crippen molar-refractivity contribution in [2.45, 2.75) is 12.5 Å². The summed E-state index contributed by atoms with van der Waals surface area (Å²) in [7, 11) is 0. The topological polar surface area (TPSA) is 90.8 Å². The molecule has 0 radical (unpaired) electrons. The zero-order chi connectivity index (χ0) is 14.1. The number of hydrazone groups is 1. The summed E-state index contributed by atoms with van der Waals surface area (Å²) in [5.41, 5.74) is 5.57. The highest BCUT2D eigenvalue weighted by atomic mass is 35.5. The molecule has 1 aliphatic carbocycles. The first-order valence-corrected chi connectivity index (χ1v) is 6.55. The fraction of sp³-hybridized carbons (Fsp3) is 0.357. The van der Waals surface area contributed by atoms with Crippen LogP contribution in [0, 0.1) is 5.92 Å². The molecule has 0 saturated carbocycles. The number of Topliss-reactive ketones (excluding diaryl/α,β-unsaturated/α-hetero) is 1. The second-order valence-electron chi connectivity index (χ2n) is 5.04. The maximum atomic E-state index is 12.4. The number of piperidine rings is 1. The third kappa shape index (κ3) is 2.91. The van der Waals surface area contributed by atoms with Crippen LogP contribution in [0.15, 0.2) is 40.0 Å². The van der Waals surface area contributed by atoms with Gasteiger partial charge in [0.15, 0.2) is 5.78 Å². The largest absolute Gasteiger partial charge is 0.478 e. The SMILES string of the molecule is Cl.O=C(O)/C=C/C1=CC2=C3CNCCC3C(=O)[C@@H]2NN=C1. The Morgan fingerprint density at radius 3 is 3.05 bits per heavy atom. The number of carboxylic acids is 1. The standard InChI is InChI=1S/C14H15N3O3.ClH/c18-12(19)2-1-8-5-10-11-7-15-4-3-9(11)14(20)13(10)17-16-6-8;/h1-2,5-6,9,13,15,17H,3-4,7H2,(H,18,19);1H/b2-1+;/t9?,13-;/m1./s1. The number of hydrogen-bond acceptors (Lipinski definition) is 5. The molecule has 1 fully saturated rings. The third-order valence-electron chi connectivity index (χ3n) is 3.81. The van der Waals surface area contributed by atoms with E-state index < -0.39 is 12.0 Å². The maximum absolute atomic E-state index is 12.4. The Morgan fingerprint density at radius 1 is 1.48 bits per heavy atom. The average molecular weight is 310 g/mol. The summed E-state index contributed by atoms with van der Waals surface area (Å²) < 4.78 is 0. The number of carbonyl (C=O) groups is 2. The summed E-state index contributed by atoms with van der Waals surface area (Å²) in [5, 5.41) is 16.0. The minimum Gasteiger partial charge on any atom is -0.478 e. The molecule has 1 saturated heterocycles. The van der Waals surface area contributed by atoms with E-state index in [-0.39, 0.29) is 24.1 Å². The van der Waals surface area contributed by atoms with Crippen LogP contribution < -0.4 is 10.7 Å². The van der Waals surface area contributed by atoms with Gasteiger partial charge in [0.05, 0.1) is 6.21 Å². The van der Waals surface area contributed by atoms with Crippen molar-refractivity contribution in [3.63, 3.8) is 0 Å². The summed E-state index contributed by atoms with van der Waals surface area (Å²) in [6.07, 6.45) is 6.75. The van der Waals surface area contributed by atoms with E-state index >= 15 is 0 Å². The van der Waals surface area contributed by atoms with Crippen LogP contribution in [0.2, 0.25) is 0 Å². The molecule has 3 aliphatic rings. The molecule has 0 aromatic carbocycles. The van der Waals surface area contributed by atoms with Crippen LogP contribution in [0.25, 0.3) is 0 Å². The van der Waals surface area contributed by atoms with Crippen LogP contribution in [0.1, 0.15) is 6.42 Å². The number of ketones is 1. The second kappa shape index (κ2) is 6.24. The fourth-order valence-corrected chi connectivity index (χ4v) is 2.89. The van der Waals surface area contributed by atoms with Gasteiger partial charge in [0.25, 0.3) is 0 Å². The quantitative estimate of drug-likeness (QED) is 0.643. The van der Waals surface area contributed by atoms with Gasteiger partial charge in [-0.1, -0.05) is 0 Å². The summed E-state index contributed by atoms with van der Waals surface area (Å²) in [6.45, 7) is 1.55. The lowest BCUT2D eigenvalue weighted by Gasteiger charge is -2.20. The lowest BCUT2D eigenvalue weighted by Crippen LogP contribution is -2.36. The highest BCUT2D eigenvalue weighted by molar-refractivity contribution is 5.98. The van der Waals surface area contributed by atoms with Crippen LogP contribution in [0.5, 0.6) is 0 Å². The van der Waals surface area contributed by atoms with Gasteiger partial charge in [0, 0.05) is 18.5 Å². The number of aliphatic carboxylic acids is 1. The van der Waals surface area contributed by atoms with Crippen LogP contribution >= 0.6 is 12.4 Å². The van der Waals surface area contributed by atoms with E-state index in [0.29, 0.717) is 12.1 Å². The molecule has 0 aromatic heterocycles. The molecule has 2 aliphatic heterocycles. The van der Waals surface area contributed by atoms with Gasteiger partial charge in [-0.2, -0.15) is 5.10 Å². The molecule has 0 aromatic rings. The molecule has 21 heavy (non-hydrogen) atoms. The molecule has 0 bridgehead atoms. The van der Waals surface area contributed by atoms with Crippen molar-refractivity contribution in [2.75, 3.05) is 13.1 Å². The Balaban J connectivity index is 0.00000161. The molecule has 3 rings (SSSR count). The average Bonchev–Trinajstić information content (AvgIpc) is 2.62. The highest BCUT2D eigenvalue weighted by Gasteiger charge is 2.41. The van der Waals surface area contributed by atoms with Gasteiger partial charge in [-0.15, -0.1) is 12.4 Å². The highest BCUT2D eigenvalue weighted by Crippen LogP contribution is 2.35. The van der Waals surface area contributed by atoms with Crippen LogP contribution in [0.4, 0.5) is 0 Å². The van der Waals surface area contributed by atoms with E-state index in [0.717, 1.165) is 30.2 Å². The zero-order valence-corrected chi connectivity index (χ0v) is 12.0. The molecule has 1 unspecified atom stereocenters. The number of rotatable bonds is 2. The van der Waals surface area contributed by atoms with Gasteiger partial charge in [0.2, 0.25) is 0 Å². The van der Waals surface area contributed by atoms with Gasteiger partial charge < -0.3 is 10.4 Å². The normalized spacial score (nSPS) is 27.4. The minimum absolute atomic E-state index is 0. The van der Waals surface area contributed by atoms with Crippen LogP contribution in [0.3, 0.4) is 0 Å². The molecule has 3 N–H and O–H groups in total. The maximum Gasteiger partial charge on any atom is 0.328 e. The molecule has 112 valence electrons. The third-order valence-corrected chi connectivity index (χ3v) is 3.81. The second-order valence-corrected chi connectivity index (χ2v) is 5.04. The van der Waals surface area contributed by atoms with E-state index in [1.54, 1.807) is 0 Å². The minimum atomic E-state index is -1.01. The van der Waals surface area contributed by atoms with Crippen molar-refractivity contribution in [1.29, 1.82) is 0 Å². The Hall–Kier alpha value is -1.92. The first kappa shape index (κ1) is 15.5. The van der Waals surface area contributed by atoms with Gasteiger partial charge in [-0.25, -0.2) is 4.79 Å². The summed E-state index contributed by atoms with van der Waals surface area (Å²) in [6, 6.07) is -0.401. The Labute approximate surface area is 128 Å². The molecule has 6 nitrogen and oxygen atoms in total. The van der Waals surface area contributed by atoms with E-state index in [9.17, 15) is 9.59 Å². The van der Waals surface area contributed by atoms with Crippen molar-refractivity contribution in [1.82, 2.24) is 10.7 Å². The van der Waals surface area contributed by atoms with Gasteiger partial charge in [0.1, 0.15) is 6.04 Å². The van der Waals surface area contributed by atoms with Crippen LogP contribution in [-0.4, -0.2) is 42.2 Å². The van der Waals surface area contributed by atoms with Crippen molar-refractivity contribution in [3.8, 4) is 0 Å². The number of nitrogens with zero attached hydrogens (tertiary/aromatic N) is 1. The molecular weight excluding hydrogens is 294 g/mol. The van der Waals surface area contributed by atoms with E-state index in [1.165, 1.54) is 12.3 Å². The van der Waals surface area contributed by atoms with Gasteiger partial charge >= 0.3 is 5.97 Å². The molecule has 7 heteroatoms. The van der Waals surface area contributed by atoms with Gasteiger partial charge in [-0.3, -0.25) is 10.2 Å². The zero-order valence-electron chi connectivity index (χ0n) is 11.2. The Kier molecular flexibility index (Phi) is 4.59. The summed E-state index contributed by atoms with van der Waals surface area (Å²) in [4.78, 5) is 22.9. The number of halogens is 1. The van der Waals surface area contributed by atoms with Crippen molar-refractivity contribution < 1.29 is 14.7 Å². The molecule has 0 amide bonds. The van der Waals surface area contributed by atoms with Crippen molar-refractivity contribution in [2.24, 2.45) is 11.0 Å². The first-order chi connectivity index (χ1) is 9.66. The van der Waals surface area contributed by atoms with E-state index in [1.807, 2.05) is 6.08 Å². The lowest BCUT2D eigenvalue weighted by molar-refractivity contribution is -0.131. The Morgan fingerprint density at radius 2 is 2.29 bits per heavy atom. The summed E-state index contributed by atoms with van der Waals surface area (Å²) >= 11 is 0. The van der Waals surface area contributed by atoms with Crippen molar-refractivity contribution in [3.05, 3.63) is 34.9 Å². The monoisotopic (exact) mass is 309 g/mol. The molecular formula is C14H16ClN3O3. The molecule has 0 spiro atoms. The van der Waals surface area contributed by atoms with Gasteiger partial charge in [-0.05, 0) is 41.8 Å². The summed E-state index contributed by atoms with van der Waals surface area (Å²) in [5.74, 6) is -0.878.